The molecule has 0 radical (unpaired) electrons. The first-order valence-corrected chi connectivity index (χ1v) is 6.69. The van der Waals surface area contributed by atoms with E-state index in [2.05, 4.69) is 4.74 Å². The van der Waals surface area contributed by atoms with E-state index in [1.54, 1.807) is 0 Å². The third-order valence-corrected chi connectivity index (χ3v) is 4.61. The van der Waals surface area contributed by atoms with Crippen LogP contribution >= 0.6 is 0 Å². The molecular formula is C12H12F2O3S. The van der Waals surface area contributed by atoms with Crippen LogP contribution in [0.25, 0.3) is 0 Å². The highest BCUT2D eigenvalue weighted by atomic mass is 32.2. The van der Waals surface area contributed by atoms with Gasteiger partial charge in [0.2, 0.25) is 0 Å². The van der Waals surface area contributed by atoms with Gasteiger partial charge in [0.1, 0.15) is 16.9 Å². The van der Waals surface area contributed by atoms with Gasteiger partial charge in [0.25, 0.3) is 0 Å². The Morgan fingerprint density at radius 2 is 2.11 bits per heavy atom. The lowest BCUT2D eigenvalue weighted by molar-refractivity contribution is -0.140. The monoisotopic (exact) mass is 274 g/mol. The van der Waals surface area contributed by atoms with Crippen LogP contribution in [0, 0.1) is 17.6 Å². The molecule has 0 aliphatic heterocycles. The van der Waals surface area contributed by atoms with Crippen LogP contribution in [0.3, 0.4) is 0 Å². The molecule has 18 heavy (non-hydrogen) atoms. The third kappa shape index (κ3) is 2.58. The summed E-state index contributed by atoms with van der Waals surface area (Å²) in [6.07, 6.45) is 1.50. The summed E-state index contributed by atoms with van der Waals surface area (Å²) in [4.78, 5) is 11.3. The van der Waals surface area contributed by atoms with Crippen molar-refractivity contribution >= 4 is 16.8 Å². The molecule has 1 saturated carbocycles. The van der Waals surface area contributed by atoms with Gasteiger partial charge in [0.05, 0.1) is 22.8 Å². The lowest BCUT2D eigenvalue weighted by Gasteiger charge is -2.13. The minimum Gasteiger partial charge on any atom is -0.468 e. The Kier molecular flexibility index (Phi) is 3.75. The van der Waals surface area contributed by atoms with Gasteiger partial charge in [-0.05, 0) is 37.0 Å². The maximum absolute atomic E-state index is 13.5. The van der Waals surface area contributed by atoms with Gasteiger partial charge in [0.15, 0.2) is 0 Å². The fourth-order valence-electron chi connectivity index (χ4n) is 1.74. The average molecular weight is 274 g/mol. The van der Waals surface area contributed by atoms with Gasteiger partial charge in [0, 0.05) is 0 Å². The second kappa shape index (κ2) is 5.14. The summed E-state index contributed by atoms with van der Waals surface area (Å²) >= 11 is 0. The summed E-state index contributed by atoms with van der Waals surface area (Å²) in [5.41, 5.74) is 0. The number of methoxy groups -OCH3 is 1. The van der Waals surface area contributed by atoms with Crippen LogP contribution in [-0.4, -0.2) is 22.5 Å². The summed E-state index contributed by atoms with van der Waals surface area (Å²) in [5.74, 6) is -2.16. The zero-order valence-electron chi connectivity index (χ0n) is 9.69. The maximum atomic E-state index is 13.5. The predicted octanol–water partition coefficient (Wildman–Crippen LogP) is 2.02. The zero-order valence-corrected chi connectivity index (χ0v) is 10.5. The number of hydrogen-bond donors (Lipinski definition) is 0. The average Bonchev–Trinajstić information content (AvgIpc) is 3.16. The fraction of sp³-hybridized carbons (Fsp3) is 0.417. The molecule has 0 bridgehead atoms. The van der Waals surface area contributed by atoms with E-state index in [4.69, 9.17) is 0 Å². The van der Waals surface area contributed by atoms with E-state index in [1.165, 1.54) is 7.11 Å². The third-order valence-electron chi connectivity index (χ3n) is 2.82. The first kappa shape index (κ1) is 13.1. The lowest BCUT2D eigenvalue weighted by atomic mass is 10.3. The zero-order chi connectivity index (χ0) is 13.3. The molecule has 0 amide bonds. The van der Waals surface area contributed by atoms with Crippen molar-refractivity contribution in [3.63, 3.8) is 0 Å². The molecule has 1 aromatic rings. The Hall–Kier alpha value is -1.30. The van der Waals surface area contributed by atoms with Gasteiger partial charge in [-0.15, -0.1) is 0 Å². The highest BCUT2D eigenvalue weighted by Crippen LogP contribution is 2.37. The molecule has 1 aliphatic carbocycles. The quantitative estimate of drug-likeness (QED) is 0.789. The molecule has 0 N–H and O–H groups in total. The van der Waals surface area contributed by atoms with Crippen molar-refractivity contribution in [2.45, 2.75) is 23.0 Å². The van der Waals surface area contributed by atoms with Crippen molar-refractivity contribution in [2.24, 2.45) is 5.92 Å². The van der Waals surface area contributed by atoms with E-state index in [0.717, 1.165) is 31.0 Å². The molecule has 1 aromatic carbocycles. The largest absolute Gasteiger partial charge is 0.468 e. The summed E-state index contributed by atoms with van der Waals surface area (Å²) in [6, 6.07) is 2.72. The Bertz CT molecular complexity index is 500. The summed E-state index contributed by atoms with van der Waals surface area (Å²) in [5, 5.41) is -0.911. The molecule has 2 atom stereocenters. The molecular weight excluding hydrogens is 262 g/mol. The molecule has 1 fully saturated rings. The Morgan fingerprint density at radius 3 is 2.67 bits per heavy atom. The van der Waals surface area contributed by atoms with E-state index >= 15 is 0 Å². The molecule has 0 spiro atoms. The van der Waals surface area contributed by atoms with Crippen molar-refractivity contribution in [3.05, 3.63) is 29.8 Å². The van der Waals surface area contributed by atoms with Gasteiger partial charge < -0.3 is 4.74 Å². The smallest absolute Gasteiger partial charge is 0.322 e. The topological polar surface area (TPSA) is 43.4 Å². The van der Waals surface area contributed by atoms with Crippen LogP contribution in [-0.2, 0) is 20.3 Å². The van der Waals surface area contributed by atoms with E-state index < -0.39 is 33.7 Å². The number of esters is 1. The number of hydrogen-bond acceptors (Lipinski definition) is 3. The van der Waals surface area contributed by atoms with Crippen LogP contribution in [0.1, 0.15) is 12.8 Å². The highest BCUT2D eigenvalue weighted by molar-refractivity contribution is 7.86. The van der Waals surface area contributed by atoms with E-state index in [0.29, 0.717) is 0 Å². The van der Waals surface area contributed by atoms with E-state index in [1.807, 2.05) is 0 Å². The first-order chi connectivity index (χ1) is 8.54. The number of ether oxygens (including phenoxy) is 1. The standard InChI is InChI=1S/C12H12F2O3S/c1-17-12(15)11(7-2-3-7)18(16)10-6-8(13)4-5-9(10)14/h4-7,11H,2-3H2,1H3. The Morgan fingerprint density at radius 1 is 1.44 bits per heavy atom. The molecule has 0 saturated heterocycles. The molecule has 1 aliphatic rings. The van der Waals surface area contributed by atoms with Crippen molar-refractivity contribution in [2.75, 3.05) is 7.11 Å². The van der Waals surface area contributed by atoms with Crippen molar-refractivity contribution in [1.29, 1.82) is 0 Å². The molecule has 2 rings (SSSR count). The number of rotatable bonds is 4. The molecule has 0 heterocycles. The second-order valence-corrected chi connectivity index (χ2v) is 5.70. The van der Waals surface area contributed by atoms with Crippen molar-refractivity contribution in [3.8, 4) is 0 Å². The number of carbonyl (C=O) groups is 1. The normalized spacial score (nSPS) is 18.2. The number of halogens is 2. The predicted molar refractivity (Wildman–Crippen MR) is 61.3 cm³/mol. The van der Waals surface area contributed by atoms with E-state index in [-0.39, 0.29) is 10.8 Å². The van der Waals surface area contributed by atoms with Gasteiger partial charge in [-0.3, -0.25) is 9.00 Å². The SMILES string of the molecule is COC(=O)C(C1CC1)S(=O)c1cc(F)ccc1F. The molecule has 3 nitrogen and oxygen atoms in total. The second-order valence-electron chi connectivity index (χ2n) is 4.15. The van der Waals surface area contributed by atoms with Crippen LogP contribution in [0.4, 0.5) is 8.78 Å². The van der Waals surface area contributed by atoms with E-state index in [9.17, 15) is 17.8 Å². The molecule has 98 valence electrons. The first-order valence-electron chi connectivity index (χ1n) is 5.48. The molecule has 2 unspecified atom stereocenters. The number of carbonyl (C=O) groups excluding carboxylic acids is 1. The van der Waals surface area contributed by atoms with Gasteiger partial charge in [-0.25, -0.2) is 8.78 Å². The Balaban J connectivity index is 2.33. The van der Waals surface area contributed by atoms with Crippen molar-refractivity contribution < 1.29 is 22.5 Å². The minimum absolute atomic E-state index is 0.0686. The van der Waals surface area contributed by atoms with Gasteiger partial charge in [-0.2, -0.15) is 0 Å². The fourth-order valence-corrected chi connectivity index (χ4v) is 3.39. The summed E-state index contributed by atoms with van der Waals surface area (Å²) in [6.45, 7) is 0. The number of benzene rings is 1. The molecule has 6 heteroatoms. The van der Waals surface area contributed by atoms with Crippen LogP contribution in [0.15, 0.2) is 23.1 Å². The van der Waals surface area contributed by atoms with Gasteiger partial charge >= 0.3 is 5.97 Å². The van der Waals surface area contributed by atoms with Crippen LogP contribution in [0.2, 0.25) is 0 Å². The minimum atomic E-state index is -1.93. The summed E-state index contributed by atoms with van der Waals surface area (Å²) in [7, 11) is -0.739. The maximum Gasteiger partial charge on any atom is 0.322 e. The van der Waals surface area contributed by atoms with Gasteiger partial charge in [-0.1, -0.05) is 0 Å². The molecule has 0 aromatic heterocycles. The van der Waals surface area contributed by atoms with Crippen LogP contribution in [0.5, 0.6) is 0 Å². The highest BCUT2D eigenvalue weighted by Gasteiger charge is 2.42. The van der Waals surface area contributed by atoms with Crippen molar-refractivity contribution in [1.82, 2.24) is 0 Å². The Labute approximate surface area is 106 Å². The summed E-state index contributed by atoms with van der Waals surface area (Å²) < 4.78 is 43.4. The van der Waals surface area contributed by atoms with Crippen LogP contribution < -0.4 is 0 Å². The lowest BCUT2D eigenvalue weighted by Crippen LogP contribution is -2.30.